The van der Waals surface area contributed by atoms with E-state index in [4.69, 9.17) is 40.6 Å². The van der Waals surface area contributed by atoms with Gasteiger partial charge in [-0.05, 0) is 68.0 Å². The summed E-state index contributed by atoms with van der Waals surface area (Å²) in [6, 6.07) is 11.3. The number of thiocarbonyl (C=S) groups is 1. The first-order chi connectivity index (χ1) is 14.0. The Morgan fingerprint density at radius 3 is 2.40 bits per heavy atom. The Bertz CT molecular complexity index is 1210. The molecule has 0 aliphatic rings. The predicted molar refractivity (Wildman–Crippen MR) is 125 cm³/mol. The molecular weight excluding hydrogens is 465 g/mol. The summed E-state index contributed by atoms with van der Waals surface area (Å²) in [7, 11) is -3.74. The third kappa shape index (κ3) is 5.30. The van der Waals surface area contributed by atoms with Gasteiger partial charge in [-0.3, -0.25) is 4.68 Å². The van der Waals surface area contributed by atoms with Crippen molar-refractivity contribution >= 4 is 61.9 Å². The normalized spacial score (nSPS) is 11.4. The van der Waals surface area contributed by atoms with Crippen LogP contribution in [-0.2, 0) is 16.6 Å². The zero-order valence-electron chi connectivity index (χ0n) is 16.1. The molecule has 3 rings (SSSR count). The van der Waals surface area contributed by atoms with Gasteiger partial charge in [0.15, 0.2) is 5.11 Å². The number of aryl methyl sites for hydroxylation is 1. The maximum absolute atomic E-state index is 11.3. The van der Waals surface area contributed by atoms with Gasteiger partial charge in [0.25, 0.3) is 0 Å². The van der Waals surface area contributed by atoms with E-state index in [1.54, 1.807) is 24.3 Å². The lowest BCUT2D eigenvalue weighted by atomic mass is 10.2. The summed E-state index contributed by atoms with van der Waals surface area (Å²) in [4.78, 5) is 0.0285. The average molecular weight is 484 g/mol. The lowest BCUT2D eigenvalue weighted by Gasteiger charge is -2.12. The van der Waals surface area contributed by atoms with Crippen LogP contribution in [0.15, 0.2) is 47.4 Å². The van der Waals surface area contributed by atoms with Crippen LogP contribution in [0.25, 0.3) is 0 Å². The van der Waals surface area contributed by atoms with Crippen LogP contribution < -0.4 is 15.8 Å². The van der Waals surface area contributed by atoms with Crippen molar-refractivity contribution < 1.29 is 8.42 Å². The molecule has 1 aromatic heterocycles. The van der Waals surface area contributed by atoms with Crippen molar-refractivity contribution in [1.29, 1.82) is 0 Å². The molecule has 7 nitrogen and oxygen atoms in total. The van der Waals surface area contributed by atoms with Gasteiger partial charge >= 0.3 is 0 Å². The Hall–Kier alpha value is -2.17. The van der Waals surface area contributed by atoms with Crippen LogP contribution in [0.1, 0.15) is 17.0 Å². The number of nitrogens with one attached hydrogen (secondary N) is 2. The van der Waals surface area contributed by atoms with Crippen LogP contribution in [0, 0.1) is 13.8 Å². The maximum Gasteiger partial charge on any atom is 0.238 e. The Morgan fingerprint density at radius 1 is 1.13 bits per heavy atom. The summed E-state index contributed by atoms with van der Waals surface area (Å²) in [5.74, 6) is 0. The van der Waals surface area contributed by atoms with Crippen LogP contribution in [-0.4, -0.2) is 23.3 Å². The van der Waals surface area contributed by atoms with Crippen LogP contribution in [0.5, 0.6) is 0 Å². The zero-order chi connectivity index (χ0) is 22.1. The molecule has 4 N–H and O–H groups in total. The lowest BCUT2D eigenvalue weighted by molar-refractivity contribution is 0.598. The summed E-state index contributed by atoms with van der Waals surface area (Å²) in [6.45, 7) is 4.29. The van der Waals surface area contributed by atoms with E-state index >= 15 is 0 Å². The van der Waals surface area contributed by atoms with Crippen LogP contribution in [0.2, 0.25) is 10.0 Å². The average Bonchev–Trinajstić information content (AvgIpc) is 2.91. The Balaban J connectivity index is 1.73. The van der Waals surface area contributed by atoms with Crippen LogP contribution >= 0.6 is 35.4 Å². The lowest BCUT2D eigenvalue weighted by Crippen LogP contribution is -2.20. The fraction of sp³-hybridized carbons (Fsp3) is 0.158. The molecular formula is C19H19Cl2N5O2S2. The molecule has 1 heterocycles. The van der Waals surface area contributed by atoms with Gasteiger partial charge in [0.05, 0.1) is 28.5 Å². The number of anilines is 2. The first-order valence-corrected chi connectivity index (χ1v) is 11.4. The van der Waals surface area contributed by atoms with Gasteiger partial charge in [-0.2, -0.15) is 5.10 Å². The van der Waals surface area contributed by atoms with E-state index in [1.807, 2.05) is 24.6 Å². The van der Waals surface area contributed by atoms with Crippen molar-refractivity contribution in [3.63, 3.8) is 0 Å². The van der Waals surface area contributed by atoms with Gasteiger partial charge in [0, 0.05) is 15.7 Å². The zero-order valence-corrected chi connectivity index (χ0v) is 19.3. The molecule has 0 radical (unpaired) electrons. The van der Waals surface area contributed by atoms with E-state index in [9.17, 15) is 8.42 Å². The molecule has 0 bridgehead atoms. The SMILES string of the molecule is Cc1nn(Cc2ccc(Cl)cc2Cl)c(C)c1NC(=S)Nc1ccc(S(N)(=O)=O)cc1. The minimum Gasteiger partial charge on any atom is -0.332 e. The molecule has 11 heteroatoms. The molecule has 0 amide bonds. The summed E-state index contributed by atoms with van der Waals surface area (Å²) in [5.41, 5.74) is 3.95. The standard InChI is InChI=1S/C19H19Cl2N5O2S2/c1-11-18(12(2)26(25-11)10-13-3-4-14(20)9-17(13)21)24-19(29)23-15-5-7-16(8-6-15)30(22,27)28/h3-9H,10H2,1-2H3,(H2,22,27,28)(H2,23,24,29). The number of nitrogens with zero attached hydrogens (tertiary/aromatic N) is 2. The van der Waals surface area contributed by atoms with E-state index in [-0.39, 0.29) is 4.90 Å². The van der Waals surface area contributed by atoms with Gasteiger partial charge in [-0.1, -0.05) is 29.3 Å². The molecule has 0 spiro atoms. The molecule has 0 saturated heterocycles. The summed E-state index contributed by atoms with van der Waals surface area (Å²) >= 11 is 17.6. The number of nitrogens with two attached hydrogens (primary N) is 1. The Kier molecular flexibility index (Phi) is 6.68. The largest absolute Gasteiger partial charge is 0.332 e. The number of hydrogen-bond acceptors (Lipinski definition) is 4. The number of aromatic nitrogens is 2. The van der Waals surface area contributed by atoms with E-state index < -0.39 is 10.0 Å². The number of halogens is 2. The van der Waals surface area contributed by atoms with Gasteiger partial charge in [-0.25, -0.2) is 13.6 Å². The summed E-state index contributed by atoms with van der Waals surface area (Å²) < 4.78 is 24.5. The highest BCUT2D eigenvalue weighted by Crippen LogP contribution is 2.25. The number of hydrogen-bond donors (Lipinski definition) is 3. The number of rotatable bonds is 5. The van der Waals surface area contributed by atoms with Gasteiger partial charge in [0.1, 0.15) is 0 Å². The Labute approximate surface area is 190 Å². The molecule has 158 valence electrons. The quantitative estimate of drug-likeness (QED) is 0.467. The van der Waals surface area contributed by atoms with E-state index in [2.05, 4.69) is 15.7 Å². The number of benzene rings is 2. The van der Waals surface area contributed by atoms with E-state index in [0.29, 0.717) is 27.4 Å². The molecule has 3 aromatic rings. The second-order valence-electron chi connectivity index (χ2n) is 6.59. The van der Waals surface area contributed by atoms with Crippen LogP contribution in [0.3, 0.4) is 0 Å². The minimum absolute atomic E-state index is 0.0285. The third-order valence-corrected chi connectivity index (χ3v) is 6.12. The fourth-order valence-corrected chi connectivity index (χ4v) is 4.05. The van der Waals surface area contributed by atoms with Crippen molar-refractivity contribution in [2.45, 2.75) is 25.3 Å². The smallest absolute Gasteiger partial charge is 0.238 e. The molecule has 0 saturated carbocycles. The predicted octanol–water partition coefficient (Wildman–Crippen LogP) is 4.31. The molecule has 0 fully saturated rings. The summed E-state index contributed by atoms with van der Waals surface area (Å²) in [6.07, 6.45) is 0. The molecule has 0 atom stereocenters. The highest BCUT2D eigenvalue weighted by Gasteiger charge is 2.14. The van der Waals surface area contributed by atoms with Gasteiger partial charge < -0.3 is 10.6 Å². The van der Waals surface area contributed by atoms with Crippen molar-refractivity contribution in [2.75, 3.05) is 10.6 Å². The maximum atomic E-state index is 11.3. The summed E-state index contributed by atoms with van der Waals surface area (Å²) in [5, 5.41) is 17.3. The second-order valence-corrected chi connectivity index (χ2v) is 9.40. The Morgan fingerprint density at radius 2 is 1.80 bits per heavy atom. The van der Waals surface area contributed by atoms with Crippen LogP contribution in [0.4, 0.5) is 11.4 Å². The van der Waals surface area contributed by atoms with Gasteiger partial charge in [0.2, 0.25) is 10.0 Å². The third-order valence-electron chi connectivity index (χ3n) is 4.40. The first-order valence-electron chi connectivity index (χ1n) is 8.73. The topological polar surface area (TPSA) is 102 Å². The number of primary sulfonamides is 1. The second kappa shape index (κ2) is 8.91. The van der Waals surface area contributed by atoms with Crippen molar-refractivity contribution in [3.8, 4) is 0 Å². The van der Waals surface area contributed by atoms with E-state index in [0.717, 1.165) is 22.6 Å². The van der Waals surface area contributed by atoms with Crippen molar-refractivity contribution in [3.05, 3.63) is 69.5 Å². The molecule has 0 unspecified atom stereocenters. The van der Waals surface area contributed by atoms with Gasteiger partial charge in [-0.15, -0.1) is 0 Å². The first kappa shape index (κ1) is 22.5. The highest BCUT2D eigenvalue weighted by molar-refractivity contribution is 7.89. The highest BCUT2D eigenvalue weighted by atomic mass is 35.5. The number of sulfonamides is 1. The molecule has 2 aromatic carbocycles. The monoisotopic (exact) mass is 483 g/mol. The minimum atomic E-state index is -3.74. The molecule has 0 aliphatic heterocycles. The molecule has 30 heavy (non-hydrogen) atoms. The molecule has 0 aliphatic carbocycles. The van der Waals surface area contributed by atoms with Crippen molar-refractivity contribution in [2.24, 2.45) is 5.14 Å². The fourth-order valence-electron chi connectivity index (χ4n) is 2.85. The van der Waals surface area contributed by atoms with E-state index in [1.165, 1.54) is 12.1 Å². The van der Waals surface area contributed by atoms with Crippen molar-refractivity contribution in [1.82, 2.24) is 9.78 Å².